The Kier molecular flexibility index (Phi) is 4.52. The fraction of sp³-hybridized carbons (Fsp3) is 0.769. The summed E-state index contributed by atoms with van der Waals surface area (Å²) in [6, 6.07) is 0.504. The molecule has 1 aromatic rings. The van der Waals surface area contributed by atoms with Gasteiger partial charge < -0.3 is 10.6 Å². The van der Waals surface area contributed by atoms with Gasteiger partial charge in [-0.2, -0.15) is 0 Å². The predicted octanol–water partition coefficient (Wildman–Crippen LogP) is 0.977. The number of carbonyl (C=O) groups excluding carboxylic acids is 1. The molecule has 0 spiro atoms. The van der Waals surface area contributed by atoms with Gasteiger partial charge in [-0.3, -0.25) is 4.79 Å². The number of hydrogen-bond acceptors (Lipinski definition) is 4. The molecule has 106 valence electrons. The van der Waals surface area contributed by atoms with Crippen molar-refractivity contribution in [1.82, 2.24) is 25.6 Å². The average molecular weight is 265 g/mol. The zero-order chi connectivity index (χ0) is 13.8. The van der Waals surface area contributed by atoms with Crippen molar-refractivity contribution in [3.8, 4) is 0 Å². The second kappa shape index (κ2) is 6.14. The topological polar surface area (TPSA) is 71.8 Å². The summed E-state index contributed by atoms with van der Waals surface area (Å²) in [5.41, 5.74) is 0.405. The van der Waals surface area contributed by atoms with E-state index >= 15 is 0 Å². The van der Waals surface area contributed by atoms with Gasteiger partial charge in [-0.25, -0.2) is 4.68 Å². The summed E-state index contributed by atoms with van der Waals surface area (Å²) in [7, 11) is 0. The summed E-state index contributed by atoms with van der Waals surface area (Å²) in [5.74, 6) is 0.487. The largest absolute Gasteiger partial charge is 0.348 e. The summed E-state index contributed by atoms with van der Waals surface area (Å²) >= 11 is 0. The zero-order valence-electron chi connectivity index (χ0n) is 11.9. The Labute approximate surface area is 113 Å². The molecule has 2 rings (SSSR count). The van der Waals surface area contributed by atoms with Gasteiger partial charge in [0, 0.05) is 19.1 Å². The van der Waals surface area contributed by atoms with Crippen LogP contribution in [-0.4, -0.2) is 40.0 Å². The molecular weight excluding hydrogens is 242 g/mol. The van der Waals surface area contributed by atoms with E-state index in [1.54, 1.807) is 10.9 Å². The molecule has 1 fully saturated rings. The third-order valence-corrected chi connectivity index (χ3v) is 3.71. The lowest BCUT2D eigenvalue weighted by Gasteiger charge is -2.26. The molecular formula is C13H23N5O. The monoisotopic (exact) mass is 265 g/mol. The smallest absolute Gasteiger partial charge is 0.273 e. The van der Waals surface area contributed by atoms with Crippen molar-refractivity contribution in [2.24, 2.45) is 5.92 Å². The molecule has 0 aliphatic carbocycles. The van der Waals surface area contributed by atoms with Gasteiger partial charge in [0.05, 0.1) is 12.2 Å². The van der Waals surface area contributed by atoms with Crippen molar-refractivity contribution >= 4 is 5.91 Å². The quantitative estimate of drug-likeness (QED) is 0.804. The number of carbonyl (C=O) groups is 1. The fourth-order valence-electron chi connectivity index (χ4n) is 2.15. The molecule has 2 unspecified atom stereocenters. The first-order valence-electron chi connectivity index (χ1n) is 7.03. The van der Waals surface area contributed by atoms with E-state index in [9.17, 15) is 4.79 Å². The van der Waals surface area contributed by atoms with Crippen LogP contribution in [0.2, 0.25) is 0 Å². The minimum absolute atomic E-state index is 0.130. The Balaban J connectivity index is 1.86. The van der Waals surface area contributed by atoms with Crippen molar-refractivity contribution in [1.29, 1.82) is 0 Å². The Hall–Kier alpha value is -1.43. The van der Waals surface area contributed by atoms with Crippen LogP contribution in [0.5, 0.6) is 0 Å². The van der Waals surface area contributed by atoms with Gasteiger partial charge >= 0.3 is 0 Å². The van der Waals surface area contributed by atoms with Crippen LogP contribution < -0.4 is 10.6 Å². The van der Waals surface area contributed by atoms with Crippen molar-refractivity contribution in [2.75, 3.05) is 13.1 Å². The number of aromatic nitrogens is 3. The van der Waals surface area contributed by atoms with Gasteiger partial charge in [0.25, 0.3) is 5.91 Å². The Morgan fingerprint density at radius 1 is 1.58 bits per heavy atom. The minimum atomic E-state index is -0.130. The molecule has 1 amide bonds. The van der Waals surface area contributed by atoms with E-state index in [0.717, 1.165) is 25.9 Å². The molecule has 2 atom stereocenters. The molecule has 19 heavy (non-hydrogen) atoms. The molecule has 2 N–H and O–H groups in total. The number of amides is 1. The van der Waals surface area contributed by atoms with Crippen LogP contribution in [0.15, 0.2) is 6.20 Å². The van der Waals surface area contributed by atoms with Crippen molar-refractivity contribution in [2.45, 2.75) is 45.7 Å². The summed E-state index contributed by atoms with van der Waals surface area (Å²) < 4.78 is 1.77. The first-order chi connectivity index (χ1) is 9.10. The van der Waals surface area contributed by atoms with Gasteiger partial charge in [0.2, 0.25) is 0 Å². The molecule has 1 saturated heterocycles. The van der Waals surface area contributed by atoms with E-state index < -0.39 is 0 Å². The summed E-state index contributed by atoms with van der Waals surface area (Å²) in [4.78, 5) is 12.0. The van der Waals surface area contributed by atoms with Gasteiger partial charge in [0.1, 0.15) is 0 Å². The van der Waals surface area contributed by atoms with Gasteiger partial charge in [-0.1, -0.05) is 25.5 Å². The Morgan fingerprint density at radius 2 is 2.32 bits per heavy atom. The molecule has 6 nitrogen and oxygen atoms in total. The highest BCUT2D eigenvalue weighted by Gasteiger charge is 2.22. The first kappa shape index (κ1) is 14.0. The Bertz CT molecular complexity index is 426. The molecule has 0 aromatic carbocycles. The lowest BCUT2D eigenvalue weighted by molar-refractivity contribution is 0.0930. The number of hydrogen-bond donors (Lipinski definition) is 2. The molecule has 0 bridgehead atoms. The third kappa shape index (κ3) is 3.53. The van der Waals surface area contributed by atoms with E-state index in [4.69, 9.17) is 0 Å². The second-order valence-electron chi connectivity index (χ2n) is 5.52. The highest BCUT2D eigenvalue weighted by atomic mass is 16.2. The molecule has 1 aliphatic rings. The summed E-state index contributed by atoms with van der Waals surface area (Å²) in [5, 5.41) is 14.1. The van der Waals surface area contributed by atoms with Crippen molar-refractivity contribution in [3.05, 3.63) is 11.9 Å². The molecule has 2 heterocycles. The molecule has 1 aliphatic heterocycles. The lowest BCUT2D eigenvalue weighted by Crippen LogP contribution is -2.43. The van der Waals surface area contributed by atoms with Crippen LogP contribution in [-0.2, 0) is 0 Å². The molecule has 0 radical (unpaired) electrons. The standard InChI is InChI=1S/C13H23N5O/c1-4-9(2)5-10(3)15-13(19)12-8-18(17-16-12)11-6-14-7-11/h8-11,14H,4-7H2,1-3H3,(H,15,19). The van der Waals surface area contributed by atoms with Gasteiger partial charge in [0.15, 0.2) is 5.69 Å². The van der Waals surface area contributed by atoms with Gasteiger partial charge in [-0.05, 0) is 19.3 Å². The van der Waals surface area contributed by atoms with Crippen molar-refractivity contribution in [3.63, 3.8) is 0 Å². The SMILES string of the molecule is CCC(C)CC(C)NC(=O)c1cn(C2CNC2)nn1. The first-order valence-corrected chi connectivity index (χ1v) is 7.03. The highest BCUT2D eigenvalue weighted by Crippen LogP contribution is 2.11. The van der Waals surface area contributed by atoms with Crippen LogP contribution in [0.25, 0.3) is 0 Å². The molecule has 1 aromatic heterocycles. The Morgan fingerprint density at radius 3 is 2.89 bits per heavy atom. The maximum Gasteiger partial charge on any atom is 0.273 e. The number of nitrogens with zero attached hydrogens (tertiary/aromatic N) is 3. The number of rotatable bonds is 6. The summed E-state index contributed by atoms with van der Waals surface area (Å²) in [6.45, 7) is 8.19. The van der Waals surface area contributed by atoms with E-state index in [0.29, 0.717) is 17.7 Å². The predicted molar refractivity (Wildman–Crippen MR) is 72.9 cm³/mol. The van der Waals surface area contributed by atoms with E-state index in [2.05, 4.69) is 34.8 Å². The van der Waals surface area contributed by atoms with Crippen LogP contribution in [0.3, 0.4) is 0 Å². The minimum Gasteiger partial charge on any atom is -0.348 e. The maximum absolute atomic E-state index is 12.0. The van der Waals surface area contributed by atoms with Crippen LogP contribution in [0.4, 0.5) is 0 Å². The number of nitrogens with one attached hydrogen (secondary N) is 2. The van der Waals surface area contributed by atoms with E-state index in [1.165, 1.54) is 0 Å². The highest BCUT2D eigenvalue weighted by molar-refractivity contribution is 5.92. The fourth-order valence-corrected chi connectivity index (χ4v) is 2.15. The lowest BCUT2D eigenvalue weighted by atomic mass is 10.0. The average Bonchev–Trinajstić information content (AvgIpc) is 2.75. The second-order valence-corrected chi connectivity index (χ2v) is 5.52. The zero-order valence-corrected chi connectivity index (χ0v) is 11.9. The normalized spacial score (nSPS) is 18.7. The van der Waals surface area contributed by atoms with Crippen LogP contribution in [0.1, 0.15) is 50.1 Å². The van der Waals surface area contributed by atoms with E-state index in [-0.39, 0.29) is 11.9 Å². The van der Waals surface area contributed by atoms with Gasteiger partial charge in [-0.15, -0.1) is 5.10 Å². The van der Waals surface area contributed by atoms with E-state index in [1.807, 2.05) is 6.92 Å². The van der Waals surface area contributed by atoms with Crippen LogP contribution in [0, 0.1) is 5.92 Å². The molecule has 0 saturated carbocycles. The summed E-state index contributed by atoms with van der Waals surface area (Å²) in [6.07, 6.45) is 3.85. The maximum atomic E-state index is 12.0. The van der Waals surface area contributed by atoms with Crippen LogP contribution >= 0.6 is 0 Å². The van der Waals surface area contributed by atoms with Crippen molar-refractivity contribution < 1.29 is 4.79 Å². The third-order valence-electron chi connectivity index (χ3n) is 3.71. The molecule has 6 heteroatoms.